The predicted octanol–water partition coefficient (Wildman–Crippen LogP) is 2.82. The van der Waals surface area contributed by atoms with Gasteiger partial charge >= 0.3 is 0 Å². The molecule has 3 nitrogen and oxygen atoms in total. The molecule has 0 aliphatic carbocycles. The maximum atomic E-state index is 11.9. The Kier molecular flexibility index (Phi) is 3.19. The predicted molar refractivity (Wildman–Crippen MR) is 67.8 cm³/mol. The number of benzene rings is 1. The summed E-state index contributed by atoms with van der Waals surface area (Å²) < 4.78 is 0. The van der Waals surface area contributed by atoms with Gasteiger partial charge in [-0.1, -0.05) is 12.1 Å². The van der Waals surface area contributed by atoms with Gasteiger partial charge in [-0.05, 0) is 49.2 Å². The van der Waals surface area contributed by atoms with Crippen LogP contribution in [0.5, 0.6) is 0 Å². The van der Waals surface area contributed by atoms with Crippen LogP contribution in [0.3, 0.4) is 0 Å². The molecule has 0 aliphatic heterocycles. The summed E-state index contributed by atoms with van der Waals surface area (Å²) in [5, 5.41) is 2.75. The first-order valence-corrected chi connectivity index (χ1v) is 5.31. The van der Waals surface area contributed by atoms with Crippen LogP contribution in [-0.2, 0) is 0 Å². The van der Waals surface area contributed by atoms with Gasteiger partial charge in [0.2, 0.25) is 0 Å². The highest BCUT2D eigenvalue weighted by Crippen LogP contribution is 2.09. The molecule has 0 fully saturated rings. The number of pyridine rings is 1. The number of carbonyl (C=O) groups is 1. The van der Waals surface area contributed by atoms with Crippen molar-refractivity contribution < 1.29 is 4.79 Å². The Bertz CT molecular complexity index is 549. The highest BCUT2D eigenvalue weighted by molar-refractivity contribution is 6.03. The van der Waals surface area contributed by atoms with Gasteiger partial charge in [-0.25, -0.2) is 4.98 Å². The molecule has 1 N–H and O–H groups in total. The molecular formula is C14H13N2O. The van der Waals surface area contributed by atoms with Crippen LogP contribution in [0, 0.1) is 13.8 Å². The zero-order valence-electron chi connectivity index (χ0n) is 9.60. The number of nitrogens with one attached hydrogen (secondary N) is 1. The second-order valence-electron chi connectivity index (χ2n) is 3.87. The third-order valence-corrected chi connectivity index (χ3v) is 2.35. The lowest BCUT2D eigenvalue weighted by Crippen LogP contribution is -2.13. The van der Waals surface area contributed by atoms with Crippen LogP contribution in [0.2, 0.25) is 0 Å². The normalized spacial score (nSPS) is 10.0. The first kappa shape index (κ1) is 11.3. The van der Waals surface area contributed by atoms with Crippen LogP contribution in [0.1, 0.15) is 21.5 Å². The fourth-order valence-corrected chi connectivity index (χ4v) is 1.51. The maximum Gasteiger partial charge on any atom is 0.256 e. The molecule has 0 unspecified atom stereocenters. The largest absolute Gasteiger partial charge is 0.307 e. The first-order chi connectivity index (χ1) is 8.15. The van der Waals surface area contributed by atoms with Crippen molar-refractivity contribution in [1.82, 2.24) is 4.98 Å². The molecule has 1 amide bonds. The third-order valence-electron chi connectivity index (χ3n) is 2.35. The second kappa shape index (κ2) is 4.78. The SMILES string of the molecule is [CH2]c1cccc(C(=O)Nc2cc(C)ccn2)c1. The smallest absolute Gasteiger partial charge is 0.256 e. The zero-order valence-corrected chi connectivity index (χ0v) is 9.60. The molecule has 0 aliphatic rings. The van der Waals surface area contributed by atoms with Crippen molar-refractivity contribution >= 4 is 11.7 Å². The molecule has 1 heterocycles. The van der Waals surface area contributed by atoms with E-state index < -0.39 is 0 Å². The Morgan fingerprint density at radius 2 is 2.12 bits per heavy atom. The number of hydrogen-bond donors (Lipinski definition) is 1. The maximum absolute atomic E-state index is 11.9. The van der Waals surface area contributed by atoms with Crippen molar-refractivity contribution in [3.05, 3.63) is 66.2 Å². The van der Waals surface area contributed by atoms with Crippen molar-refractivity contribution in [2.24, 2.45) is 0 Å². The Morgan fingerprint density at radius 1 is 1.29 bits per heavy atom. The second-order valence-corrected chi connectivity index (χ2v) is 3.87. The highest BCUT2D eigenvalue weighted by atomic mass is 16.1. The summed E-state index contributed by atoms with van der Waals surface area (Å²) in [6.45, 7) is 5.74. The van der Waals surface area contributed by atoms with E-state index in [-0.39, 0.29) is 5.91 Å². The van der Waals surface area contributed by atoms with Crippen LogP contribution < -0.4 is 5.32 Å². The van der Waals surface area contributed by atoms with Gasteiger partial charge in [-0.3, -0.25) is 4.79 Å². The van der Waals surface area contributed by atoms with E-state index >= 15 is 0 Å². The monoisotopic (exact) mass is 225 g/mol. The van der Waals surface area contributed by atoms with Crippen LogP contribution in [0.15, 0.2) is 42.6 Å². The molecule has 0 saturated heterocycles. The summed E-state index contributed by atoms with van der Waals surface area (Å²) in [5.74, 6) is 0.387. The average molecular weight is 225 g/mol. The summed E-state index contributed by atoms with van der Waals surface area (Å²) >= 11 is 0. The fourth-order valence-electron chi connectivity index (χ4n) is 1.51. The van der Waals surface area contributed by atoms with E-state index in [2.05, 4.69) is 17.2 Å². The molecule has 0 bridgehead atoms. The van der Waals surface area contributed by atoms with Gasteiger partial charge in [0, 0.05) is 11.8 Å². The van der Waals surface area contributed by atoms with Crippen molar-refractivity contribution in [3.8, 4) is 0 Å². The average Bonchev–Trinajstić information content (AvgIpc) is 2.29. The number of aromatic nitrogens is 1. The minimum Gasteiger partial charge on any atom is -0.307 e. The van der Waals surface area contributed by atoms with Gasteiger partial charge < -0.3 is 5.32 Å². The topological polar surface area (TPSA) is 42.0 Å². The number of aryl methyl sites for hydroxylation is 1. The molecule has 0 saturated carbocycles. The summed E-state index contributed by atoms with van der Waals surface area (Å²) in [5.41, 5.74) is 2.46. The molecule has 85 valence electrons. The molecular weight excluding hydrogens is 212 g/mol. The quantitative estimate of drug-likeness (QED) is 0.853. The summed E-state index contributed by atoms with van der Waals surface area (Å²) in [4.78, 5) is 16.0. The lowest BCUT2D eigenvalue weighted by Gasteiger charge is -2.05. The van der Waals surface area contributed by atoms with E-state index in [1.807, 2.05) is 25.1 Å². The Labute approximate surface area is 101 Å². The van der Waals surface area contributed by atoms with Crippen LogP contribution >= 0.6 is 0 Å². The number of anilines is 1. The lowest BCUT2D eigenvalue weighted by molar-refractivity contribution is 0.102. The summed E-state index contributed by atoms with van der Waals surface area (Å²) in [6.07, 6.45) is 1.67. The van der Waals surface area contributed by atoms with Crippen molar-refractivity contribution in [2.75, 3.05) is 5.32 Å². The van der Waals surface area contributed by atoms with E-state index in [0.717, 1.165) is 11.1 Å². The van der Waals surface area contributed by atoms with Crippen LogP contribution in [0.25, 0.3) is 0 Å². The van der Waals surface area contributed by atoms with Crippen LogP contribution in [0.4, 0.5) is 5.82 Å². The molecule has 1 aromatic heterocycles. The van der Waals surface area contributed by atoms with Crippen molar-refractivity contribution in [2.45, 2.75) is 6.92 Å². The fraction of sp³-hybridized carbons (Fsp3) is 0.0714. The van der Waals surface area contributed by atoms with Gasteiger partial charge in [-0.2, -0.15) is 0 Å². The van der Waals surface area contributed by atoms with Crippen molar-refractivity contribution in [1.29, 1.82) is 0 Å². The Balaban J connectivity index is 2.17. The summed E-state index contributed by atoms with van der Waals surface area (Å²) in [6, 6.07) is 10.9. The number of nitrogens with zero attached hydrogens (tertiary/aromatic N) is 1. The number of carbonyl (C=O) groups excluding carboxylic acids is 1. The van der Waals surface area contributed by atoms with Gasteiger partial charge in [0.1, 0.15) is 5.82 Å². The molecule has 3 heteroatoms. The van der Waals surface area contributed by atoms with Gasteiger partial charge in [-0.15, -0.1) is 0 Å². The Hall–Kier alpha value is -2.16. The molecule has 17 heavy (non-hydrogen) atoms. The van der Waals surface area contributed by atoms with Gasteiger partial charge in [0.05, 0.1) is 0 Å². The molecule has 1 aromatic carbocycles. The van der Waals surface area contributed by atoms with Crippen molar-refractivity contribution in [3.63, 3.8) is 0 Å². The minimum atomic E-state index is -0.173. The van der Waals surface area contributed by atoms with E-state index in [0.29, 0.717) is 11.4 Å². The lowest BCUT2D eigenvalue weighted by atomic mass is 10.1. The van der Waals surface area contributed by atoms with E-state index in [4.69, 9.17) is 0 Å². The standard InChI is InChI=1S/C14H13N2O/c1-10-4-3-5-12(8-10)14(17)16-13-9-11(2)6-7-15-13/h3-9H,1H2,2H3,(H,15,16,17). The first-order valence-electron chi connectivity index (χ1n) is 5.31. The molecule has 2 aromatic rings. The minimum absolute atomic E-state index is 0.173. The van der Waals surface area contributed by atoms with Crippen LogP contribution in [-0.4, -0.2) is 10.9 Å². The zero-order chi connectivity index (χ0) is 12.3. The van der Waals surface area contributed by atoms with E-state index in [9.17, 15) is 4.79 Å². The molecule has 0 atom stereocenters. The number of hydrogen-bond acceptors (Lipinski definition) is 2. The Morgan fingerprint density at radius 3 is 2.82 bits per heavy atom. The van der Waals surface area contributed by atoms with E-state index in [1.54, 1.807) is 24.4 Å². The van der Waals surface area contributed by atoms with Gasteiger partial charge in [0.25, 0.3) is 5.91 Å². The van der Waals surface area contributed by atoms with E-state index in [1.165, 1.54) is 0 Å². The molecule has 1 radical (unpaired) electrons. The van der Waals surface area contributed by atoms with Gasteiger partial charge in [0.15, 0.2) is 0 Å². The molecule has 0 spiro atoms. The highest BCUT2D eigenvalue weighted by Gasteiger charge is 2.06. The third kappa shape index (κ3) is 2.91. The number of rotatable bonds is 2. The molecule has 2 rings (SSSR count). The summed E-state index contributed by atoms with van der Waals surface area (Å²) in [7, 11) is 0. The number of amides is 1.